The van der Waals surface area contributed by atoms with Crippen LogP contribution in [-0.2, 0) is 0 Å². The molecule has 0 bridgehead atoms. The Kier molecular flexibility index (Phi) is 4.61. The maximum absolute atomic E-state index is 5.87. The van der Waals surface area contributed by atoms with Gasteiger partial charge in [0.1, 0.15) is 0 Å². The van der Waals surface area contributed by atoms with Gasteiger partial charge in [-0.3, -0.25) is 0 Å². The molecule has 0 aromatic heterocycles. The highest BCUT2D eigenvalue weighted by atomic mass is 14.6. The molecule has 0 heterocycles. The molecule has 1 heteroatoms. The van der Waals surface area contributed by atoms with E-state index < -0.39 is 0 Å². The third kappa shape index (κ3) is 2.20. The Morgan fingerprint density at radius 3 is 2.56 bits per heavy atom. The number of rotatable bonds is 4. The molecule has 0 aromatic rings. The molecule has 0 aromatic carbocycles. The Morgan fingerprint density at radius 1 is 1.50 bits per heavy atom. The minimum Gasteiger partial charge on any atom is -0.330 e. The van der Waals surface area contributed by atoms with E-state index in [1.54, 1.807) is 5.57 Å². The van der Waals surface area contributed by atoms with Crippen molar-refractivity contribution in [2.75, 3.05) is 6.54 Å². The monoisotopic (exact) mass is 223 g/mol. The Hall–Kier alpha value is -0.300. The van der Waals surface area contributed by atoms with Gasteiger partial charge in [-0.05, 0) is 62.8 Å². The van der Waals surface area contributed by atoms with Crippen LogP contribution in [0.3, 0.4) is 0 Å². The lowest BCUT2D eigenvalue weighted by Gasteiger charge is -2.39. The Morgan fingerprint density at radius 2 is 2.12 bits per heavy atom. The van der Waals surface area contributed by atoms with Crippen LogP contribution >= 0.6 is 0 Å². The van der Waals surface area contributed by atoms with Gasteiger partial charge in [0.25, 0.3) is 0 Å². The molecule has 2 unspecified atom stereocenters. The molecule has 1 aliphatic carbocycles. The predicted octanol–water partition coefficient (Wildman–Crippen LogP) is 3.99. The SMILES string of the molecule is C/C=C(\C)C1CCC([C@H](C)CN)[C@@]1(C)CC. The van der Waals surface area contributed by atoms with E-state index in [-0.39, 0.29) is 0 Å². The molecular formula is C15H29N. The van der Waals surface area contributed by atoms with Gasteiger partial charge in [0.05, 0.1) is 0 Å². The average molecular weight is 223 g/mol. The standard InChI is InChI=1S/C15H29N/c1-6-11(3)13-8-9-14(12(4)10-16)15(13,5)7-2/h6,12-14H,7-10,16H2,1-5H3/b11-6+/t12-,13?,14?,15+/m1/s1. The van der Waals surface area contributed by atoms with Gasteiger partial charge in [-0.2, -0.15) is 0 Å². The van der Waals surface area contributed by atoms with Crippen molar-refractivity contribution >= 4 is 0 Å². The summed E-state index contributed by atoms with van der Waals surface area (Å²) in [6, 6.07) is 0. The molecule has 0 amide bonds. The minimum atomic E-state index is 0.468. The molecule has 4 atom stereocenters. The van der Waals surface area contributed by atoms with E-state index in [1.807, 2.05) is 0 Å². The summed E-state index contributed by atoms with van der Waals surface area (Å²) in [4.78, 5) is 0. The lowest BCUT2D eigenvalue weighted by atomic mass is 9.66. The molecule has 0 aliphatic heterocycles. The van der Waals surface area contributed by atoms with Crippen LogP contribution in [0.4, 0.5) is 0 Å². The van der Waals surface area contributed by atoms with Crippen molar-refractivity contribution in [1.82, 2.24) is 0 Å². The number of hydrogen-bond acceptors (Lipinski definition) is 1. The Balaban J connectivity index is 2.94. The molecule has 16 heavy (non-hydrogen) atoms. The van der Waals surface area contributed by atoms with E-state index >= 15 is 0 Å². The second-order valence-electron chi connectivity index (χ2n) is 5.84. The third-order valence-corrected chi connectivity index (χ3v) is 5.23. The summed E-state index contributed by atoms with van der Waals surface area (Å²) in [6.07, 6.45) is 6.29. The zero-order valence-corrected chi connectivity index (χ0v) is 11.7. The van der Waals surface area contributed by atoms with Crippen molar-refractivity contribution in [3.05, 3.63) is 11.6 Å². The molecule has 0 spiro atoms. The quantitative estimate of drug-likeness (QED) is 0.717. The van der Waals surface area contributed by atoms with E-state index in [9.17, 15) is 0 Å². The fourth-order valence-electron chi connectivity index (χ4n) is 3.82. The van der Waals surface area contributed by atoms with Crippen LogP contribution < -0.4 is 5.73 Å². The van der Waals surface area contributed by atoms with Crippen molar-refractivity contribution in [3.63, 3.8) is 0 Å². The second-order valence-corrected chi connectivity index (χ2v) is 5.84. The van der Waals surface area contributed by atoms with Crippen molar-refractivity contribution in [1.29, 1.82) is 0 Å². The molecule has 1 aliphatic rings. The predicted molar refractivity (Wildman–Crippen MR) is 72.3 cm³/mol. The van der Waals surface area contributed by atoms with Gasteiger partial charge in [0, 0.05) is 0 Å². The lowest BCUT2D eigenvalue weighted by molar-refractivity contribution is 0.127. The highest BCUT2D eigenvalue weighted by Crippen LogP contribution is 2.55. The summed E-state index contributed by atoms with van der Waals surface area (Å²) >= 11 is 0. The van der Waals surface area contributed by atoms with E-state index in [2.05, 4.69) is 40.7 Å². The van der Waals surface area contributed by atoms with Crippen LogP contribution in [0.15, 0.2) is 11.6 Å². The zero-order chi connectivity index (χ0) is 12.3. The van der Waals surface area contributed by atoms with Crippen LogP contribution in [0, 0.1) is 23.2 Å². The molecule has 1 saturated carbocycles. The van der Waals surface area contributed by atoms with Crippen molar-refractivity contribution in [2.45, 2.75) is 53.9 Å². The van der Waals surface area contributed by atoms with E-state index in [1.165, 1.54) is 19.3 Å². The molecule has 0 saturated heterocycles. The van der Waals surface area contributed by atoms with Crippen LogP contribution in [0.25, 0.3) is 0 Å². The summed E-state index contributed by atoms with van der Waals surface area (Å²) in [7, 11) is 0. The largest absolute Gasteiger partial charge is 0.330 e. The fourth-order valence-corrected chi connectivity index (χ4v) is 3.82. The van der Waals surface area contributed by atoms with Crippen LogP contribution in [-0.4, -0.2) is 6.54 Å². The molecule has 94 valence electrons. The summed E-state index contributed by atoms with van der Waals surface area (Å²) in [5.41, 5.74) is 7.91. The van der Waals surface area contributed by atoms with Crippen LogP contribution in [0.2, 0.25) is 0 Å². The van der Waals surface area contributed by atoms with Crippen molar-refractivity contribution in [2.24, 2.45) is 28.9 Å². The second kappa shape index (κ2) is 5.35. The first kappa shape index (κ1) is 13.8. The topological polar surface area (TPSA) is 26.0 Å². The summed E-state index contributed by atoms with van der Waals surface area (Å²) in [5, 5.41) is 0. The fraction of sp³-hybridized carbons (Fsp3) is 0.867. The highest BCUT2D eigenvalue weighted by Gasteiger charge is 2.47. The maximum Gasteiger partial charge on any atom is -0.00486 e. The molecule has 2 N–H and O–H groups in total. The van der Waals surface area contributed by atoms with Crippen LogP contribution in [0.5, 0.6) is 0 Å². The van der Waals surface area contributed by atoms with Gasteiger partial charge in [-0.25, -0.2) is 0 Å². The molecule has 0 radical (unpaired) electrons. The Labute approximate surface area is 101 Å². The third-order valence-electron chi connectivity index (χ3n) is 5.23. The Bertz CT molecular complexity index is 256. The van der Waals surface area contributed by atoms with Gasteiger partial charge in [0.15, 0.2) is 0 Å². The smallest absolute Gasteiger partial charge is 0.00486 e. The number of hydrogen-bond donors (Lipinski definition) is 1. The first-order chi connectivity index (χ1) is 7.51. The van der Waals surface area contributed by atoms with Gasteiger partial charge in [-0.15, -0.1) is 0 Å². The van der Waals surface area contributed by atoms with Gasteiger partial charge in [-0.1, -0.05) is 32.4 Å². The maximum atomic E-state index is 5.87. The van der Waals surface area contributed by atoms with Crippen molar-refractivity contribution in [3.8, 4) is 0 Å². The summed E-state index contributed by atoms with van der Waals surface area (Å²) in [6.45, 7) is 12.5. The zero-order valence-electron chi connectivity index (χ0n) is 11.7. The van der Waals surface area contributed by atoms with E-state index in [4.69, 9.17) is 5.73 Å². The van der Waals surface area contributed by atoms with Crippen LogP contribution in [0.1, 0.15) is 53.9 Å². The minimum absolute atomic E-state index is 0.468. The first-order valence-corrected chi connectivity index (χ1v) is 6.84. The van der Waals surface area contributed by atoms with E-state index in [0.29, 0.717) is 11.3 Å². The lowest BCUT2D eigenvalue weighted by Crippen LogP contribution is -2.35. The molecular weight excluding hydrogens is 194 g/mol. The van der Waals surface area contributed by atoms with Gasteiger partial charge >= 0.3 is 0 Å². The average Bonchev–Trinajstić information content (AvgIpc) is 2.65. The van der Waals surface area contributed by atoms with Gasteiger partial charge in [0.2, 0.25) is 0 Å². The molecule has 1 rings (SSSR count). The van der Waals surface area contributed by atoms with Gasteiger partial charge < -0.3 is 5.73 Å². The van der Waals surface area contributed by atoms with E-state index in [0.717, 1.165) is 18.4 Å². The van der Waals surface area contributed by atoms with Crippen molar-refractivity contribution < 1.29 is 0 Å². The molecule has 1 fully saturated rings. The first-order valence-electron chi connectivity index (χ1n) is 6.84. The summed E-state index contributed by atoms with van der Waals surface area (Å²) in [5.74, 6) is 2.25. The highest BCUT2D eigenvalue weighted by molar-refractivity contribution is 5.12. The summed E-state index contributed by atoms with van der Waals surface area (Å²) < 4.78 is 0. The number of allylic oxidation sites excluding steroid dienone is 2. The normalized spacial score (nSPS) is 37.8. The number of nitrogens with two attached hydrogens (primary N) is 1. The molecule has 1 nitrogen and oxygen atoms in total.